The van der Waals surface area contributed by atoms with Crippen molar-refractivity contribution in [1.82, 2.24) is 5.32 Å². The summed E-state index contributed by atoms with van der Waals surface area (Å²) in [6, 6.07) is 5.83. The molecular weight excluding hydrogens is 268 g/mol. The zero-order valence-electron chi connectivity index (χ0n) is 12.0. The van der Waals surface area contributed by atoms with Crippen LogP contribution in [0.15, 0.2) is 35.1 Å². The quantitative estimate of drug-likeness (QED) is 0.917. The normalized spacial score (nSPS) is 15.2. The van der Waals surface area contributed by atoms with Gasteiger partial charge in [0.1, 0.15) is 6.54 Å². The number of rotatable bonds is 2. The zero-order chi connectivity index (χ0) is 15.0. The third kappa shape index (κ3) is 2.42. The van der Waals surface area contributed by atoms with Crippen LogP contribution in [0.25, 0.3) is 11.1 Å². The lowest BCUT2D eigenvalue weighted by atomic mass is 10.0. The number of carbonyl (C=O) groups excluding carboxylic acids is 2. The molecule has 5 heteroatoms. The summed E-state index contributed by atoms with van der Waals surface area (Å²) in [6.07, 6.45) is 3.42. The van der Waals surface area contributed by atoms with Crippen LogP contribution in [0, 0.1) is 13.8 Å². The van der Waals surface area contributed by atoms with Crippen molar-refractivity contribution in [3.8, 4) is 11.1 Å². The molecule has 1 aromatic heterocycles. The van der Waals surface area contributed by atoms with Crippen molar-refractivity contribution in [3.63, 3.8) is 0 Å². The summed E-state index contributed by atoms with van der Waals surface area (Å²) >= 11 is 0. The fourth-order valence-electron chi connectivity index (χ4n) is 2.56. The third-order valence-corrected chi connectivity index (χ3v) is 3.69. The van der Waals surface area contributed by atoms with Crippen molar-refractivity contribution in [1.29, 1.82) is 0 Å². The first-order valence-corrected chi connectivity index (χ1v) is 6.77. The van der Waals surface area contributed by atoms with Gasteiger partial charge in [-0.1, -0.05) is 6.07 Å². The van der Waals surface area contributed by atoms with Gasteiger partial charge in [-0.3, -0.25) is 9.59 Å². The van der Waals surface area contributed by atoms with Gasteiger partial charge in [-0.25, -0.2) is 0 Å². The molecule has 0 aliphatic carbocycles. The van der Waals surface area contributed by atoms with Crippen molar-refractivity contribution in [2.75, 3.05) is 18.0 Å². The number of furan rings is 1. The molecule has 2 heterocycles. The minimum Gasteiger partial charge on any atom is -0.472 e. The van der Waals surface area contributed by atoms with Crippen LogP contribution in [0.2, 0.25) is 0 Å². The monoisotopic (exact) mass is 284 g/mol. The van der Waals surface area contributed by atoms with E-state index in [1.165, 1.54) is 4.90 Å². The molecule has 1 aromatic carbocycles. The molecule has 1 N–H and O–H groups in total. The van der Waals surface area contributed by atoms with Gasteiger partial charge in [0, 0.05) is 11.3 Å². The highest BCUT2D eigenvalue weighted by molar-refractivity contribution is 6.05. The van der Waals surface area contributed by atoms with E-state index < -0.39 is 0 Å². The summed E-state index contributed by atoms with van der Waals surface area (Å²) in [5, 5.41) is 2.55. The Balaban J connectivity index is 1.96. The zero-order valence-corrected chi connectivity index (χ0v) is 12.0. The molecule has 1 fully saturated rings. The molecule has 2 amide bonds. The second-order valence-electron chi connectivity index (χ2n) is 5.23. The maximum Gasteiger partial charge on any atom is 0.246 e. The highest BCUT2D eigenvalue weighted by atomic mass is 16.3. The Morgan fingerprint density at radius 3 is 2.62 bits per heavy atom. The van der Waals surface area contributed by atoms with Gasteiger partial charge < -0.3 is 14.6 Å². The molecule has 5 nitrogen and oxygen atoms in total. The molecule has 0 saturated carbocycles. The van der Waals surface area contributed by atoms with Gasteiger partial charge >= 0.3 is 0 Å². The summed E-state index contributed by atoms with van der Waals surface area (Å²) in [5.41, 5.74) is 4.87. The molecule has 1 saturated heterocycles. The lowest BCUT2D eigenvalue weighted by Crippen LogP contribution is -2.51. The summed E-state index contributed by atoms with van der Waals surface area (Å²) in [7, 11) is 0. The first-order chi connectivity index (χ1) is 10.1. The molecular formula is C16H16N2O3. The molecule has 21 heavy (non-hydrogen) atoms. The van der Waals surface area contributed by atoms with Crippen molar-refractivity contribution in [3.05, 3.63) is 41.9 Å². The Morgan fingerprint density at radius 2 is 1.95 bits per heavy atom. The van der Waals surface area contributed by atoms with Crippen LogP contribution in [0.3, 0.4) is 0 Å². The third-order valence-electron chi connectivity index (χ3n) is 3.69. The number of aryl methyl sites for hydroxylation is 2. The molecule has 0 atom stereocenters. The fourth-order valence-corrected chi connectivity index (χ4v) is 2.56. The van der Waals surface area contributed by atoms with E-state index >= 15 is 0 Å². The Labute approximate surface area is 122 Å². The Morgan fingerprint density at radius 1 is 1.14 bits per heavy atom. The molecule has 0 radical (unpaired) electrons. The van der Waals surface area contributed by atoms with E-state index in [9.17, 15) is 9.59 Å². The molecule has 0 spiro atoms. The molecule has 1 aliphatic rings. The largest absolute Gasteiger partial charge is 0.472 e. The minimum atomic E-state index is -0.135. The standard InChI is InChI=1S/C16H16N2O3/c1-10-5-12(13-9-21-8-11(13)2)3-4-14(10)18-7-15(19)17-6-16(18)20/h3-5,8-9H,6-7H2,1-2H3,(H,17,19). The number of benzene rings is 1. The molecule has 3 rings (SSSR count). The van der Waals surface area contributed by atoms with Crippen molar-refractivity contribution in [2.45, 2.75) is 13.8 Å². The molecule has 0 unspecified atom stereocenters. The van der Waals surface area contributed by atoms with E-state index in [1.54, 1.807) is 12.5 Å². The maximum atomic E-state index is 12.0. The van der Waals surface area contributed by atoms with Gasteiger partial charge in [-0.15, -0.1) is 0 Å². The number of nitrogens with zero attached hydrogens (tertiary/aromatic N) is 1. The smallest absolute Gasteiger partial charge is 0.246 e. The van der Waals surface area contributed by atoms with Crippen LogP contribution in [-0.4, -0.2) is 24.9 Å². The average molecular weight is 284 g/mol. The highest BCUT2D eigenvalue weighted by Gasteiger charge is 2.25. The summed E-state index contributed by atoms with van der Waals surface area (Å²) in [5.74, 6) is -0.228. The minimum absolute atomic E-state index is 0.0564. The number of hydrogen-bond acceptors (Lipinski definition) is 3. The van der Waals surface area contributed by atoms with Crippen LogP contribution in [-0.2, 0) is 9.59 Å². The van der Waals surface area contributed by atoms with Gasteiger partial charge in [0.25, 0.3) is 0 Å². The van der Waals surface area contributed by atoms with Crippen molar-refractivity contribution >= 4 is 17.5 Å². The van der Waals surface area contributed by atoms with Gasteiger partial charge in [-0.2, -0.15) is 0 Å². The van der Waals surface area contributed by atoms with Gasteiger partial charge in [0.2, 0.25) is 11.8 Å². The van der Waals surface area contributed by atoms with Gasteiger partial charge in [-0.05, 0) is 42.7 Å². The summed E-state index contributed by atoms with van der Waals surface area (Å²) in [4.78, 5) is 25.0. The fraction of sp³-hybridized carbons (Fsp3) is 0.250. The highest BCUT2D eigenvalue weighted by Crippen LogP contribution is 2.29. The number of amides is 2. The number of carbonyl (C=O) groups is 2. The first-order valence-electron chi connectivity index (χ1n) is 6.77. The molecule has 108 valence electrons. The number of piperazine rings is 1. The number of hydrogen-bond donors (Lipinski definition) is 1. The van der Waals surface area contributed by atoms with E-state index in [4.69, 9.17) is 4.42 Å². The van der Waals surface area contributed by atoms with E-state index in [0.29, 0.717) is 0 Å². The maximum absolute atomic E-state index is 12.0. The average Bonchev–Trinajstić information content (AvgIpc) is 2.88. The molecule has 2 aromatic rings. The Bertz CT molecular complexity index is 718. The van der Waals surface area contributed by atoms with E-state index in [-0.39, 0.29) is 24.9 Å². The lowest BCUT2D eigenvalue weighted by Gasteiger charge is -2.28. The Kier molecular flexibility index (Phi) is 3.25. The number of anilines is 1. The van der Waals surface area contributed by atoms with Gasteiger partial charge in [0.05, 0.1) is 19.1 Å². The predicted octanol–water partition coefficient (Wildman–Crippen LogP) is 2.03. The summed E-state index contributed by atoms with van der Waals surface area (Å²) < 4.78 is 5.20. The first kappa shape index (κ1) is 13.4. The van der Waals surface area contributed by atoms with Crippen LogP contribution < -0.4 is 10.2 Å². The van der Waals surface area contributed by atoms with E-state index in [2.05, 4.69) is 5.32 Å². The SMILES string of the molecule is Cc1cocc1-c1ccc(N2CC(=O)NCC2=O)c(C)c1. The number of nitrogens with one attached hydrogen (secondary N) is 1. The van der Waals surface area contributed by atoms with E-state index in [0.717, 1.165) is 27.9 Å². The predicted molar refractivity (Wildman–Crippen MR) is 79.0 cm³/mol. The van der Waals surface area contributed by atoms with Crippen LogP contribution in [0.5, 0.6) is 0 Å². The Hall–Kier alpha value is -2.56. The van der Waals surface area contributed by atoms with Crippen molar-refractivity contribution in [2.24, 2.45) is 0 Å². The second-order valence-corrected chi connectivity index (χ2v) is 5.23. The van der Waals surface area contributed by atoms with Crippen LogP contribution >= 0.6 is 0 Å². The van der Waals surface area contributed by atoms with E-state index in [1.807, 2.05) is 32.0 Å². The second kappa shape index (κ2) is 5.09. The molecule has 1 aliphatic heterocycles. The summed E-state index contributed by atoms with van der Waals surface area (Å²) in [6.45, 7) is 4.05. The van der Waals surface area contributed by atoms with Crippen LogP contribution in [0.4, 0.5) is 5.69 Å². The van der Waals surface area contributed by atoms with Gasteiger partial charge in [0.15, 0.2) is 0 Å². The van der Waals surface area contributed by atoms with Crippen LogP contribution in [0.1, 0.15) is 11.1 Å². The lowest BCUT2D eigenvalue weighted by molar-refractivity contribution is -0.128. The topological polar surface area (TPSA) is 62.6 Å². The molecule has 0 bridgehead atoms. The van der Waals surface area contributed by atoms with Crippen molar-refractivity contribution < 1.29 is 14.0 Å².